The van der Waals surface area contributed by atoms with Crippen molar-refractivity contribution in [2.75, 3.05) is 0 Å². The van der Waals surface area contributed by atoms with E-state index >= 15 is 0 Å². The fourth-order valence-corrected chi connectivity index (χ4v) is 4.27. The second-order valence-corrected chi connectivity index (χ2v) is 7.61. The van der Waals surface area contributed by atoms with Crippen molar-refractivity contribution in [2.45, 2.75) is 51.0 Å². The van der Waals surface area contributed by atoms with E-state index in [4.69, 9.17) is 4.74 Å². The lowest BCUT2D eigenvalue weighted by molar-refractivity contribution is 0.0844. The lowest BCUT2D eigenvalue weighted by atomic mass is 9.91. The van der Waals surface area contributed by atoms with Gasteiger partial charge in [0.1, 0.15) is 34.7 Å². The van der Waals surface area contributed by atoms with E-state index in [0.29, 0.717) is 17.9 Å². The molecule has 3 N–H and O–H groups in total. The molecule has 1 atom stereocenters. The maximum absolute atomic E-state index is 12.7. The van der Waals surface area contributed by atoms with E-state index in [9.17, 15) is 20.1 Å². The first kappa shape index (κ1) is 17.7. The maximum Gasteiger partial charge on any atom is 0.174 e. The number of rotatable bonds is 4. The number of Topliss-reactive ketones (excluding diaryl/α,β-unsaturated/α-hetero) is 1. The Morgan fingerprint density at radius 3 is 2.44 bits per heavy atom. The van der Waals surface area contributed by atoms with E-state index in [-0.39, 0.29) is 40.8 Å². The van der Waals surface area contributed by atoms with Crippen molar-refractivity contribution in [3.05, 3.63) is 47.0 Å². The number of phenolic OH excluding ortho intramolecular Hbond substituents is 3. The fraction of sp³-hybridized carbons (Fsp3) is 0.409. The lowest BCUT2D eigenvalue weighted by Crippen LogP contribution is -2.21. The van der Waals surface area contributed by atoms with Crippen molar-refractivity contribution >= 4 is 5.78 Å². The molecule has 142 valence electrons. The zero-order valence-corrected chi connectivity index (χ0v) is 15.1. The van der Waals surface area contributed by atoms with Gasteiger partial charge in [-0.2, -0.15) is 0 Å². The van der Waals surface area contributed by atoms with Gasteiger partial charge in [0.15, 0.2) is 5.78 Å². The molecule has 0 bridgehead atoms. The number of carbonyl (C=O) groups is 1. The third kappa shape index (κ3) is 3.46. The first-order valence-electron chi connectivity index (χ1n) is 9.59. The molecule has 0 aromatic heterocycles. The number of carbonyl (C=O) groups excluding carboxylic acids is 1. The molecule has 2 aromatic rings. The number of hydrogen-bond donors (Lipinski definition) is 3. The van der Waals surface area contributed by atoms with Gasteiger partial charge in [0.2, 0.25) is 0 Å². The van der Waals surface area contributed by atoms with Crippen LogP contribution < -0.4 is 4.74 Å². The van der Waals surface area contributed by atoms with E-state index in [1.54, 1.807) is 24.3 Å². The van der Waals surface area contributed by atoms with Gasteiger partial charge in [-0.25, -0.2) is 0 Å². The van der Waals surface area contributed by atoms with Gasteiger partial charge in [0.25, 0.3) is 0 Å². The molecule has 0 spiro atoms. The Morgan fingerprint density at radius 1 is 1.04 bits per heavy atom. The van der Waals surface area contributed by atoms with E-state index < -0.39 is 6.10 Å². The van der Waals surface area contributed by atoms with Crippen molar-refractivity contribution in [1.82, 2.24) is 0 Å². The summed E-state index contributed by atoms with van der Waals surface area (Å²) in [6.45, 7) is 0. The molecule has 2 aliphatic rings. The van der Waals surface area contributed by atoms with Gasteiger partial charge in [0.05, 0.1) is 6.42 Å². The van der Waals surface area contributed by atoms with Crippen molar-refractivity contribution < 1.29 is 24.9 Å². The molecule has 1 fully saturated rings. The van der Waals surface area contributed by atoms with E-state index in [2.05, 4.69) is 0 Å². The third-order valence-electron chi connectivity index (χ3n) is 5.81. The predicted octanol–water partition coefficient (Wildman–Crippen LogP) is 4.63. The van der Waals surface area contributed by atoms with Crippen LogP contribution in [0, 0.1) is 5.92 Å². The molecule has 1 saturated carbocycles. The van der Waals surface area contributed by atoms with Gasteiger partial charge < -0.3 is 20.1 Å². The topological polar surface area (TPSA) is 87.0 Å². The summed E-state index contributed by atoms with van der Waals surface area (Å²) in [5.41, 5.74) is 1.38. The summed E-state index contributed by atoms with van der Waals surface area (Å²) in [7, 11) is 0. The summed E-state index contributed by atoms with van der Waals surface area (Å²) in [6, 6.07) is 7.94. The minimum atomic E-state index is -0.506. The number of hydrogen-bond acceptors (Lipinski definition) is 5. The second kappa shape index (κ2) is 7.14. The third-order valence-corrected chi connectivity index (χ3v) is 5.81. The first-order chi connectivity index (χ1) is 13.0. The fourth-order valence-electron chi connectivity index (χ4n) is 4.27. The quantitative estimate of drug-likeness (QED) is 0.732. The molecule has 0 saturated heterocycles. The minimum Gasteiger partial charge on any atom is -0.508 e. The zero-order valence-electron chi connectivity index (χ0n) is 15.1. The van der Waals surface area contributed by atoms with Crippen LogP contribution in [0.1, 0.15) is 66.1 Å². The van der Waals surface area contributed by atoms with Crippen LogP contribution in [0.3, 0.4) is 0 Å². The number of fused-ring (bicyclic) bond motifs is 1. The van der Waals surface area contributed by atoms with Crippen molar-refractivity contribution in [2.24, 2.45) is 5.92 Å². The highest BCUT2D eigenvalue weighted by Crippen LogP contribution is 2.45. The normalized spacial score (nSPS) is 19.7. The Hall–Kier alpha value is -2.69. The zero-order chi connectivity index (χ0) is 19.0. The molecular formula is C22H24O5. The molecule has 1 heterocycles. The molecule has 27 heavy (non-hydrogen) atoms. The Bertz CT molecular complexity index is 850. The summed E-state index contributed by atoms with van der Waals surface area (Å²) in [5.74, 6) is 0.618. The standard InChI is InChI=1S/C22H24O5/c23-15-8-6-14(7-9-15)19-12-18(25)21-20(27-19)11-17(24)16(22(21)26)10-5-13-3-1-2-4-13/h6-9,11,13,19,23-24,26H,1-5,10,12H2. The molecule has 2 aromatic carbocycles. The summed E-state index contributed by atoms with van der Waals surface area (Å²) in [6.07, 6.45) is 5.96. The Kier molecular flexibility index (Phi) is 4.68. The number of ether oxygens (including phenoxy) is 1. The van der Waals surface area contributed by atoms with E-state index in [0.717, 1.165) is 12.0 Å². The molecule has 1 aliphatic carbocycles. The highest BCUT2D eigenvalue weighted by molar-refractivity contribution is 6.03. The largest absolute Gasteiger partial charge is 0.508 e. The molecule has 5 nitrogen and oxygen atoms in total. The van der Waals surface area contributed by atoms with Crippen LogP contribution >= 0.6 is 0 Å². The molecule has 0 amide bonds. The van der Waals surface area contributed by atoms with Crippen LogP contribution in [0.4, 0.5) is 0 Å². The van der Waals surface area contributed by atoms with Crippen molar-refractivity contribution in [1.29, 1.82) is 0 Å². The van der Waals surface area contributed by atoms with Crippen LogP contribution in [0.25, 0.3) is 0 Å². The first-order valence-corrected chi connectivity index (χ1v) is 9.59. The van der Waals surface area contributed by atoms with Gasteiger partial charge in [-0.15, -0.1) is 0 Å². The molecular weight excluding hydrogens is 344 g/mol. The Labute approximate surface area is 158 Å². The monoisotopic (exact) mass is 368 g/mol. The minimum absolute atomic E-state index is 0.0246. The van der Waals surface area contributed by atoms with Crippen LogP contribution in [0.15, 0.2) is 30.3 Å². The number of phenols is 3. The molecule has 5 heteroatoms. The van der Waals surface area contributed by atoms with Gasteiger partial charge in [0, 0.05) is 11.6 Å². The average molecular weight is 368 g/mol. The Balaban J connectivity index is 1.59. The highest BCUT2D eigenvalue weighted by atomic mass is 16.5. The number of aromatic hydroxyl groups is 3. The summed E-state index contributed by atoms with van der Waals surface area (Å²) in [4.78, 5) is 12.7. The molecule has 1 aliphatic heterocycles. The predicted molar refractivity (Wildman–Crippen MR) is 100 cm³/mol. The second-order valence-electron chi connectivity index (χ2n) is 7.61. The Morgan fingerprint density at radius 2 is 1.74 bits per heavy atom. The van der Waals surface area contributed by atoms with Crippen LogP contribution in [-0.2, 0) is 6.42 Å². The lowest BCUT2D eigenvalue weighted by Gasteiger charge is -2.27. The highest BCUT2D eigenvalue weighted by Gasteiger charge is 2.32. The number of ketones is 1. The van der Waals surface area contributed by atoms with Crippen LogP contribution in [-0.4, -0.2) is 21.1 Å². The van der Waals surface area contributed by atoms with Crippen molar-refractivity contribution in [3.8, 4) is 23.0 Å². The van der Waals surface area contributed by atoms with Gasteiger partial charge in [-0.05, 0) is 36.5 Å². The average Bonchev–Trinajstić information content (AvgIpc) is 3.15. The van der Waals surface area contributed by atoms with Crippen LogP contribution in [0.5, 0.6) is 23.0 Å². The summed E-state index contributed by atoms with van der Waals surface area (Å²) < 4.78 is 5.90. The summed E-state index contributed by atoms with van der Waals surface area (Å²) >= 11 is 0. The SMILES string of the molecule is O=C1CC(c2ccc(O)cc2)Oc2cc(O)c(CCC3CCCC3)c(O)c21. The smallest absolute Gasteiger partial charge is 0.174 e. The van der Waals surface area contributed by atoms with Crippen molar-refractivity contribution in [3.63, 3.8) is 0 Å². The van der Waals surface area contributed by atoms with Gasteiger partial charge in [-0.3, -0.25) is 4.79 Å². The van der Waals surface area contributed by atoms with Crippen LogP contribution in [0.2, 0.25) is 0 Å². The summed E-state index contributed by atoms with van der Waals surface area (Å²) in [5, 5.41) is 30.5. The molecule has 4 rings (SSSR count). The molecule has 0 radical (unpaired) electrons. The van der Waals surface area contributed by atoms with E-state index in [1.807, 2.05) is 0 Å². The van der Waals surface area contributed by atoms with Gasteiger partial charge in [-0.1, -0.05) is 37.8 Å². The molecule has 1 unspecified atom stereocenters. The van der Waals surface area contributed by atoms with E-state index in [1.165, 1.54) is 31.7 Å². The van der Waals surface area contributed by atoms with Gasteiger partial charge >= 0.3 is 0 Å². The number of benzene rings is 2. The maximum atomic E-state index is 12.7.